The molecule has 4 N–H and O–H groups in total. The number of benzene rings is 2. The second-order valence-corrected chi connectivity index (χ2v) is 10.3. The lowest BCUT2D eigenvalue weighted by atomic mass is 10.2. The summed E-state index contributed by atoms with van der Waals surface area (Å²) in [7, 11) is -3.82. The van der Waals surface area contributed by atoms with Gasteiger partial charge in [0.25, 0.3) is 0 Å². The van der Waals surface area contributed by atoms with Crippen LogP contribution in [0.1, 0.15) is 19.4 Å². The molecule has 0 aliphatic rings. The number of primary sulfonamides is 1. The van der Waals surface area contributed by atoms with Gasteiger partial charge >= 0.3 is 0 Å². The predicted molar refractivity (Wildman–Crippen MR) is 129 cm³/mol. The number of rotatable bonds is 9. The number of aromatic nitrogens is 2. The van der Waals surface area contributed by atoms with E-state index in [1.807, 2.05) is 12.1 Å². The first-order valence-corrected chi connectivity index (χ1v) is 12.6. The van der Waals surface area contributed by atoms with Crippen molar-refractivity contribution in [3.8, 4) is 0 Å². The normalized spacial score (nSPS) is 11.5. The molecule has 164 valence electrons. The third kappa shape index (κ3) is 7.10. The average Bonchev–Trinajstić information content (AvgIpc) is 2.70. The molecule has 0 fully saturated rings. The van der Waals surface area contributed by atoms with Crippen LogP contribution in [0.25, 0.3) is 0 Å². The van der Waals surface area contributed by atoms with Crippen LogP contribution in [0, 0.1) is 5.92 Å². The van der Waals surface area contributed by atoms with E-state index < -0.39 is 10.0 Å². The van der Waals surface area contributed by atoms with Gasteiger partial charge in [0, 0.05) is 28.2 Å². The molecule has 0 amide bonds. The molecule has 10 heteroatoms. The van der Waals surface area contributed by atoms with Crippen molar-refractivity contribution in [1.29, 1.82) is 0 Å². The number of nitrogens with two attached hydrogens (primary N) is 1. The fraction of sp³-hybridized carbons (Fsp3) is 0.238. The largest absolute Gasteiger partial charge is 0.340 e. The molecule has 0 unspecified atom stereocenters. The Morgan fingerprint density at radius 2 is 1.71 bits per heavy atom. The van der Waals surface area contributed by atoms with E-state index in [2.05, 4.69) is 34.4 Å². The van der Waals surface area contributed by atoms with Gasteiger partial charge in [-0.3, -0.25) is 0 Å². The number of hydrogen-bond donors (Lipinski definition) is 3. The number of sulfonamides is 1. The van der Waals surface area contributed by atoms with E-state index in [0.29, 0.717) is 28.3 Å². The Hall–Kier alpha value is -2.33. The van der Waals surface area contributed by atoms with E-state index in [-0.39, 0.29) is 4.90 Å². The van der Waals surface area contributed by atoms with Crippen LogP contribution in [0.3, 0.4) is 0 Å². The summed E-state index contributed by atoms with van der Waals surface area (Å²) < 4.78 is 23.7. The maximum Gasteiger partial charge on any atom is 0.238 e. The predicted octanol–water partition coefficient (Wildman–Crippen LogP) is 5.15. The zero-order valence-corrected chi connectivity index (χ0v) is 19.6. The molecule has 0 radical (unpaired) electrons. The highest BCUT2D eigenvalue weighted by Crippen LogP contribution is 2.28. The molecular formula is C21H24ClN5O2S2. The van der Waals surface area contributed by atoms with Crippen molar-refractivity contribution >= 4 is 56.4 Å². The molecule has 2 aromatic carbocycles. The maximum atomic E-state index is 11.8. The fourth-order valence-electron chi connectivity index (χ4n) is 2.69. The van der Waals surface area contributed by atoms with Crippen LogP contribution in [0.4, 0.5) is 23.0 Å². The highest BCUT2D eigenvalue weighted by Gasteiger charge is 2.13. The number of halogens is 1. The molecule has 31 heavy (non-hydrogen) atoms. The zero-order valence-electron chi connectivity index (χ0n) is 17.2. The summed E-state index contributed by atoms with van der Waals surface area (Å²) in [5.41, 5.74) is 2.43. The van der Waals surface area contributed by atoms with Gasteiger partial charge in [0.1, 0.15) is 18.0 Å². The summed E-state index contributed by atoms with van der Waals surface area (Å²) in [5, 5.41) is 12.4. The molecule has 3 rings (SSSR count). The van der Waals surface area contributed by atoms with Gasteiger partial charge in [-0.1, -0.05) is 31.5 Å². The van der Waals surface area contributed by atoms with E-state index in [1.54, 1.807) is 36.0 Å². The van der Waals surface area contributed by atoms with Gasteiger partial charge in [0.2, 0.25) is 10.0 Å². The lowest BCUT2D eigenvalue weighted by molar-refractivity contribution is 0.598. The molecule has 0 saturated heterocycles. The Labute approximate surface area is 191 Å². The number of nitrogens with zero attached hydrogens (tertiary/aromatic N) is 2. The van der Waals surface area contributed by atoms with Gasteiger partial charge in [-0.25, -0.2) is 23.5 Å². The molecule has 7 nitrogen and oxygen atoms in total. The first-order valence-electron chi connectivity index (χ1n) is 9.56. The van der Waals surface area contributed by atoms with Crippen molar-refractivity contribution in [3.05, 3.63) is 65.4 Å². The van der Waals surface area contributed by atoms with Gasteiger partial charge < -0.3 is 10.6 Å². The summed E-state index contributed by atoms with van der Waals surface area (Å²) in [4.78, 5) is 8.54. The smallest absolute Gasteiger partial charge is 0.238 e. The van der Waals surface area contributed by atoms with Gasteiger partial charge in [-0.05, 0) is 53.6 Å². The van der Waals surface area contributed by atoms with Crippen molar-refractivity contribution in [2.45, 2.75) is 24.5 Å². The van der Waals surface area contributed by atoms with Crippen LogP contribution >= 0.6 is 23.4 Å². The van der Waals surface area contributed by atoms with Crippen molar-refractivity contribution < 1.29 is 8.42 Å². The van der Waals surface area contributed by atoms with Gasteiger partial charge in [0.05, 0.1) is 4.90 Å². The number of anilines is 4. The van der Waals surface area contributed by atoms with Gasteiger partial charge in [-0.15, -0.1) is 0 Å². The van der Waals surface area contributed by atoms with E-state index in [1.165, 1.54) is 18.5 Å². The Kier molecular flexibility index (Phi) is 7.77. The molecule has 1 heterocycles. The van der Waals surface area contributed by atoms with Crippen molar-refractivity contribution in [2.75, 3.05) is 16.4 Å². The highest BCUT2D eigenvalue weighted by atomic mass is 35.5. The number of hydrogen-bond acceptors (Lipinski definition) is 7. The molecule has 0 atom stereocenters. The van der Waals surface area contributed by atoms with E-state index >= 15 is 0 Å². The van der Waals surface area contributed by atoms with Crippen molar-refractivity contribution in [2.24, 2.45) is 11.1 Å². The maximum absolute atomic E-state index is 11.8. The molecule has 0 saturated carbocycles. The molecule has 0 aliphatic heterocycles. The second kappa shape index (κ2) is 10.3. The molecule has 1 aromatic heterocycles. The van der Waals surface area contributed by atoms with Crippen LogP contribution < -0.4 is 15.8 Å². The van der Waals surface area contributed by atoms with E-state index in [9.17, 15) is 8.42 Å². The average molecular weight is 478 g/mol. The first kappa shape index (κ1) is 23.3. The minimum Gasteiger partial charge on any atom is -0.340 e. The molecular weight excluding hydrogens is 454 g/mol. The number of nitrogens with one attached hydrogen (secondary N) is 2. The Bertz CT molecular complexity index is 1140. The zero-order chi connectivity index (χ0) is 22.4. The third-order valence-electron chi connectivity index (χ3n) is 4.17. The summed E-state index contributed by atoms with van der Waals surface area (Å²) in [6.45, 7) is 4.32. The van der Waals surface area contributed by atoms with E-state index in [4.69, 9.17) is 16.7 Å². The number of thioether (sulfide) groups is 1. The second-order valence-electron chi connectivity index (χ2n) is 7.32. The summed E-state index contributed by atoms with van der Waals surface area (Å²) in [6.07, 6.45) is 1.43. The highest BCUT2D eigenvalue weighted by molar-refractivity contribution is 7.98. The van der Waals surface area contributed by atoms with Gasteiger partial charge in [0.15, 0.2) is 0 Å². The van der Waals surface area contributed by atoms with Crippen LogP contribution in [-0.2, 0) is 15.8 Å². The van der Waals surface area contributed by atoms with Crippen molar-refractivity contribution in [3.63, 3.8) is 0 Å². The standard InChI is InChI=1S/C21H24ClN5O2S2/c1-14(2)11-30-12-15-3-8-18(31(23,28)29)9-19(15)27-21-10-20(24-13-25-21)26-17-6-4-16(22)5-7-17/h3-10,13-14H,11-12H2,1-2H3,(H2,23,28,29)(H2,24,25,26,27). The Morgan fingerprint density at radius 3 is 2.35 bits per heavy atom. The lowest BCUT2D eigenvalue weighted by Gasteiger charge is -2.14. The van der Waals surface area contributed by atoms with Crippen LogP contribution in [0.2, 0.25) is 5.02 Å². The minimum atomic E-state index is -3.82. The van der Waals surface area contributed by atoms with E-state index in [0.717, 1.165) is 22.8 Å². The summed E-state index contributed by atoms with van der Waals surface area (Å²) in [6, 6.07) is 13.8. The van der Waals surface area contributed by atoms with Crippen LogP contribution in [0.5, 0.6) is 0 Å². The van der Waals surface area contributed by atoms with Crippen LogP contribution in [0.15, 0.2) is 59.8 Å². The fourth-order valence-corrected chi connectivity index (χ4v) is 4.42. The lowest BCUT2D eigenvalue weighted by Crippen LogP contribution is -2.13. The first-order chi connectivity index (χ1) is 14.7. The molecule has 0 bridgehead atoms. The molecule has 0 aliphatic carbocycles. The quantitative estimate of drug-likeness (QED) is 0.390. The van der Waals surface area contributed by atoms with Crippen LogP contribution in [-0.4, -0.2) is 24.1 Å². The summed E-state index contributed by atoms with van der Waals surface area (Å²) in [5.74, 6) is 3.39. The molecule has 0 spiro atoms. The minimum absolute atomic E-state index is 0.0428. The Balaban J connectivity index is 1.84. The SMILES string of the molecule is CC(C)CSCc1ccc(S(N)(=O)=O)cc1Nc1cc(Nc2ccc(Cl)cc2)ncn1. The van der Waals surface area contributed by atoms with Crippen molar-refractivity contribution in [1.82, 2.24) is 9.97 Å². The van der Waals surface area contributed by atoms with Gasteiger partial charge in [-0.2, -0.15) is 11.8 Å². The third-order valence-corrected chi connectivity index (χ3v) is 6.75. The molecule has 3 aromatic rings. The topological polar surface area (TPSA) is 110 Å². The monoisotopic (exact) mass is 477 g/mol. The Morgan fingerprint density at radius 1 is 1.03 bits per heavy atom. The summed E-state index contributed by atoms with van der Waals surface area (Å²) >= 11 is 7.71.